The molecule has 2 N–H and O–H groups in total. The molecule has 9 heteroatoms. The second-order valence-corrected chi connectivity index (χ2v) is 7.95. The van der Waals surface area contributed by atoms with Crippen molar-refractivity contribution in [3.8, 4) is 0 Å². The van der Waals surface area contributed by atoms with Gasteiger partial charge < -0.3 is 10.4 Å². The standard InChI is InChI=1S/C19H18ClN3O4S/c1-9(2)16-22-17-15(12(8-28-17)19(26)27)18(25)23(16)7-14(24)21-13-5-4-11(20)6-10(13)3/h4-6,8-9H,7H2,1-3H3,(H,21,24)(H,26,27). The molecular formula is C19H18ClN3O4S. The molecule has 0 radical (unpaired) electrons. The van der Waals surface area contributed by atoms with Crippen molar-refractivity contribution in [2.75, 3.05) is 5.32 Å². The van der Waals surface area contributed by atoms with Crippen molar-refractivity contribution in [3.63, 3.8) is 0 Å². The average molecular weight is 420 g/mol. The van der Waals surface area contributed by atoms with Gasteiger partial charge in [-0.3, -0.25) is 14.2 Å². The van der Waals surface area contributed by atoms with E-state index >= 15 is 0 Å². The van der Waals surface area contributed by atoms with Gasteiger partial charge in [0, 0.05) is 22.0 Å². The van der Waals surface area contributed by atoms with Gasteiger partial charge in [0.25, 0.3) is 5.56 Å². The highest BCUT2D eigenvalue weighted by atomic mass is 35.5. The summed E-state index contributed by atoms with van der Waals surface area (Å²) in [7, 11) is 0. The van der Waals surface area contributed by atoms with Crippen LogP contribution in [0.3, 0.4) is 0 Å². The van der Waals surface area contributed by atoms with Gasteiger partial charge in [-0.05, 0) is 30.7 Å². The Morgan fingerprint density at radius 2 is 2.07 bits per heavy atom. The fourth-order valence-corrected chi connectivity index (χ4v) is 4.03. The molecule has 0 saturated heterocycles. The number of carbonyl (C=O) groups excluding carboxylic acids is 1. The summed E-state index contributed by atoms with van der Waals surface area (Å²) >= 11 is 7.03. The van der Waals surface area contributed by atoms with Crippen LogP contribution >= 0.6 is 22.9 Å². The molecular weight excluding hydrogens is 402 g/mol. The van der Waals surface area contributed by atoms with E-state index in [2.05, 4.69) is 10.3 Å². The zero-order valence-electron chi connectivity index (χ0n) is 15.4. The van der Waals surface area contributed by atoms with Crippen LogP contribution in [-0.2, 0) is 11.3 Å². The maximum atomic E-state index is 13.0. The van der Waals surface area contributed by atoms with Gasteiger partial charge in [-0.25, -0.2) is 9.78 Å². The van der Waals surface area contributed by atoms with Crippen LogP contribution in [0, 0.1) is 6.92 Å². The molecule has 0 aliphatic carbocycles. The van der Waals surface area contributed by atoms with Crippen LogP contribution < -0.4 is 10.9 Å². The molecule has 0 fully saturated rings. The lowest BCUT2D eigenvalue weighted by molar-refractivity contribution is -0.116. The number of carboxylic acid groups (broad SMARTS) is 1. The highest BCUT2D eigenvalue weighted by Gasteiger charge is 2.22. The minimum absolute atomic E-state index is 0.0253. The van der Waals surface area contributed by atoms with Gasteiger partial charge >= 0.3 is 5.97 Å². The molecule has 28 heavy (non-hydrogen) atoms. The third-order valence-corrected chi connectivity index (χ3v) is 5.34. The first kappa shape index (κ1) is 20.0. The summed E-state index contributed by atoms with van der Waals surface area (Å²) in [4.78, 5) is 41.8. The van der Waals surface area contributed by atoms with E-state index in [0.29, 0.717) is 21.4 Å². The van der Waals surface area contributed by atoms with Gasteiger partial charge in [-0.2, -0.15) is 0 Å². The van der Waals surface area contributed by atoms with Crippen molar-refractivity contribution in [2.24, 2.45) is 0 Å². The first-order chi connectivity index (χ1) is 13.2. The summed E-state index contributed by atoms with van der Waals surface area (Å²) < 4.78 is 1.24. The van der Waals surface area contributed by atoms with E-state index in [-0.39, 0.29) is 23.4 Å². The van der Waals surface area contributed by atoms with Crippen LogP contribution in [0.1, 0.15) is 41.5 Å². The predicted octanol–water partition coefficient (Wildman–Crippen LogP) is 3.88. The van der Waals surface area contributed by atoms with Crippen LogP contribution in [-0.4, -0.2) is 26.5 Å². The van der Waals surface area contributed by atoms with E-state index in [1.807, 2.05) is 20.8 Å². The number of carboxylic acids is 1. The number of thiophene rings is 1. The molecule has 7 nitrogen and oxygen atoms in total. The van der Waals surface area contributed by atoms with Crippen molar-refractivity contribution in [2.45, 2.75) is 33.2 Å². The summed E-state index contributed by atoms with van der Waals surface area (Å²) in [5, 5.41) is 14.1. The number of aromatic nitrogens is 2. The van der Waals surface area contributed by atoms with Crippen LogP contribution in [0.4, 0.5) is 5.69 Å². The van der Waals surface area contributed by atoms with Crippen molar-refractivity contribution in [3.05, 3.63) is 55.9 Å². The molecule has 1 aromatic carbocycles. The van der Waals surface area contributed by atoms with Gasteiger partial charge in [-0.15, -0.1) is 11.3 Å². The molecule has 0 bridgehead atoms. The number of aryl methyl sites for hydroxylation is 1. The zero-order chi connectivity index (χ0) is 20.6. The van der Waals surface area contributed by atoms with E-state index in [0.717, 1.165) is 16.9 Å². The smallest absolute Gasteiger partial charge is 0.337 e. The Balaban J connectivity index is 2.03. The SMILES string of the molecule is Cc1cc(Cl)ccc1NC(=O)Cn1c(C(C)C)nc2scc(C(=O)O)c2c1=O. The number of benzene rings is 1. The lowest BCUT2D eigenvalue weighted by Crippen LogP contribution is -2.32. The Hall–Kier alpha value is -2.71. The predicted molar refractivity (Wildman–Crippen MR) is 110 cm³/mol. The number of hydrogen-bond donors (Lipinski definition) is 2. The number of anilines is 1. The van der Waals surface area contributed by atoms with E-state index in [4.69, 9.17) is 11.6 Å². The zero-order valence-corrected chi connectivity index (χ0v) is 17.0. The first-order valence-corrected chi connectivity index (χ1v) is 9.76. The second-order valence-electron chi connectivity index (χ2n) is 6.66. The summed E-state index contributed by atoms with van der Waals surface area (Å²) in [6, 6.07) is 5.07. The van der Waals surface area contributed by atoms with Crippen LogP contribution in [0.15, 0.2) is 28.4 Å². The van der Waals surface area contributed by atoms with Crippen LogP contribution in [0.25, 0.3) is 10.2 Å². The van der Waals surface area contributed by atoms with E-state index in [1.165, 1.54) is 9.95 Å². The minimum Gasteiger partial charge on any atom is -0.478 e. The molecule has 0 atom stereocenters. The molecule has 3 aromatic rings. The van der Waals surface area contributed by atoms with Crippen molar-refractivity contribution in [1.82, 2.24) is 9.55 Å². The molecule has 3 rings (SSSR count). The number of nitrogens with zero attached hydrogens (tertiary/aromatic N) is 2. The number of hydrogen-bond acceptors (Lipinski definition) is 5. The number of aromatic carboxylic acids is 1. The van der Waals surface area contributed by atoms with Crippen molar-refractivity contribution >= 4 is 50.7 Å². The highest BCUT2D eigenvalue weighted by molar-refractivity contribution is 7.17. The molecule has 0 aliphatic heterocycles. The fourth-order valence-electron chi connectivity index (χ4n) is 2.89. The molecule has 146 valence electrons. The lowest BCUT2D eigenvalue weighted by atomic mass is 10.1. The Labute approximate surface area is 169 Å². The topological polar surface area (TPSA) is 101 Å². The summed E-state index contributed by atoms with van der Waals surface area (Å²) in [5.41, 5.74) is 0.743. The maximum absolute atomic E-state index is 13.0. The number of amides is 1. The van der Waals surface area contributed by atoms with Crippen LogP contribution in [0.2, 0.25) is 5.02 Å². The molecule has 2 heterocycles. The molecule has 0 aliphatic rings. The van der Waals surface area contributed by atoms with Gasteiger partial charge in [0.05, 0.1) is 10.9 Å². The molecule has 1 amide bonds. The summed E-state index contributed by atoms with van der Waals surface area (Å²) in [6.07, 6.45) is 0. The molecule has 0 saturated carbocycles. The maximum Gasteiger partial charge on any atom is 0.337 e. The third kappa shape index (κ3) is 3.79. The Morgan fingerprint density at radius 3 is 2.68 bits per heavy atom. The number of carbonyl (C=O) groups is 2. The highest BCUT2D eigenvalue weighted by Crippen LogP contribution is 2.24. The van der Waals surface area contributed by atoms with Gasteiger partial charge in [0.15, 0.2) is 0 Å². The van der Waals surface area contributed by atoms with E-state index in [1.54, 1.807) is 18.2 Å². The van der Waals surface area contributed by atoms with Gasteiger partial charge in [-0.1, -0.05) is 25.4 Å². The van der Waals surface area contributed by atoms with Crippen molar-refractivity contribution in [1.29, 1.82) is 0 Å². The Morgan fingerprint density at radius 1 is 1.36 bits per heavy atom. The third-order valence-electron chi connectivity index (χ3n) is 4.23. The van der Waals surface area contributed by atoms with E-state index in [9.17, 15) is 19.5 Å². The molecule has 0 unspecified atom stereocenters. The second kappa shape index (κ2) is 7.73. The quantitative estimate of drug-likeness (QED) is 0.653. The van der Waals surface area contributed by atoms with Crippen molar-refractivity contribution < 1.29 is 14.7 Å². The minimum atomic E-state index is -1.20. The summed E-state index contributed by atoms with van der Waals surface area (Å²) in [5.74, 6) is -1.31. The Kier molecular flexibility index (Phi) is 5.53. The number of fused-ring (bicyclic) bond motifs is 1. The Bertz CT molecular complexity index is 1150. The lowest BCUT2D eigenvalue weighted by Gasteiger charge is -2.15. The van der Waals surface area contributed by atoms with Gasteiger partial charge in [0.1, 0.15) is 17.2 Å². The number of nitrogens with one attached hydrogen (secondary N) is 1. The van der Waals surface area contributed by atoms with Crippen LogP contribution in [0.5, 0.6) is 0 Å². The van der Waals surface area contributed by atoms with E-state index < -0.39 is 17.4 Å². The molecule has 0 spiro atoms. The largest absolute Gasteiger partial charge is 0.478 e. The van der Waals surface area contributed by atoms with Gasteiger partial charge in [0.2, 0.25) is 5.91 Å². The molecule has 2 aromatic heterocycles. The normalized spacial score (nSPS) is 11.2. The number of rotatable bonds is 5. The first-order valence-electron chi connectivity index (χ1n) is 8.50. The fraction of sp³-hybridized carbons (Fsp3) is 0.263. The monoisotopic (exact) mass is 419 g/mol. The number of halogens is 1. The average Bonchev–Trinajstić information content (AvgIpc) is 3.04. The summed E-state index contributed by atoms with van der Waals surface area (Å²) in [6.45, 7) is 5.26.